The summed E-state index contributed by atoms with van der Waals surface area (Å²) in [6.07, 6.45) is 1.08. The maximum absolute atomic E-state index is 5.43. The van der Waals surface area contributed by atoms with E-state index >= 15 is 0 Å². The van der Waals surface area contributed by atoms with E-state index in [0.29, 0.717) is 6.54 Å². The molecule has 2 aliphatic heterocycles. The van der Waals surface area contributed by atoms with Crippen LogP contribution in [0.4, 0.5) is 5.69 Å². The van der Waals surface area contributed by atoms with E-state index in [4.69, 9.17) is 9.73 Å². The number of guanidine groups is 1. The van der Waals surface area contributed by atoms with Crippen LogP contribution >= 0.6 is 24.0 Å². The van der Waals surface area contributed by atoms with Gasteiger partial charge in [-0.2, -0.15) is 0 Å². The summed E-state index contributed by atoms with van der Waals surface area (Å²) in [6, 6.07) is 17.5. The predicted octanol–water partition coefficient (Wildman–Crippen LogP) is 3.67. The van der Waals surface area contributed by atoms with Gasteiger partial charge >= 0.3 is 0 Å². The smallest absolute Gasteiger partial charge is 0.198 e. The second kappa shape index (κ2) is 10.9. The molecule has 0 aliphatic carbocycles. The second-order valence-corrected chi connectivity index (χ2v) is 7.41. The van der Waals surface area contributed by atoms with E-state index in [1.807, 2.05) is 0 Å². The number of para-hydroxylation sites is 1. The SMILES string of the molecule is CCNC(=NCc1ccc(CN2CCOCC2)cc1)N1CCc2ccccc21.I. The highest BCUT2D eigenvalue weighted by atomic mass is 127. The standard InChI is InChI=1S/C23H30N4O.HI/c1-2-24-23(27-12-11-21-5-3-4-6-22(21)27)25-17-19-7-9-20(10-8-19)18-26-13-15-28-16-14-26;/h3-10H,2,11-18H2,1H3,(H,24,25);1H. The maximum atomic E-state index is 5.43. The molecule has 0 amide bonds. The van der Waals surface area contributed by atoms with Gasteiger partial charge in [0, 0.05) is 38.4 Å². The summed E-state index contributed by atoms with van der Waals surface area (Å²) >= 11 is 0. The normalized spacial score (nSPS) is 17.0. The van der Waals surface area contributed by atoms with Crippen molar-refractivity contribution in [2.75, 3.05) is 44.3 Å². The summed E-state index contributed by atoms with van der Waals surface area (Å²) in [7, 11) is 0. The summed E-state index contributed by atoms with van der Waals surface area (Å²) in [5.41, 5.74) is 5.28. The molecular weight excluding hydrogens is 475 g/mol. The largest absolute Gasteiger partial charge is 0.379 e. The Bertz CT molecular complexity index is 803. The molecule has 2 aromatic rings. The quantitative estimate of drug-likeness (QED) is 0.382. The Morgan fingerprint density at radius 1 is 1.00 bits per heavy atom. The van der Waals surface area contributed by atoms with Crippen LogP contribution in [0.3, 0.4) is 0 Å². The van der Waals surface area contributed by atoms with Crippen LogP contribution in [0.2, 0.25) is 0 Å². The molecule has 1 saturated heterocycles. The molecule has 1 fully saturated rings. The number of aliphatic imine (C=N–C) groups is 1. The molecule has 0 saturated carbocycles. The Morgan fingerprint density at radius 2 is 1.72 bits per heavy atom. The van der Waals surface area contributed by atoms with Gasteiger partial charge in [0.1, 0.15) is 0 Å². The van der Waals surface area contributed by atoms with Crippen molar-refractivity contribution >= 4 is 35.6 Å². The van der Waals surface area contributed by atoms with Crippen LogP contribution in [0.5, 0.6) is 0 Å². The first kappa shape index (κ1) is 22.1. The summed E-state index contributed by atoms with van der Waals surface area (Å²) < 4.78 is 5.43. The van der Waals surface area contributed by atoms with Crippen LogP contribution < -0.4 is 10.2 Å². The molecule has 0 atom stereocenters. The third-order valence-corrected chi connectivity index (χ3v) is 5.42. The fourth-order valence-electron chi connectivity index (χ4n) is 3.89. The van der Waals surface area contributed by atoms with Crippen LogP contribution in [0.1, 0.15) is 23.6 Å². The molecule has 0 radical (unpaired) electrons. The first-order valence-corrected chi connectivity index (χ1v) is 10.3. The predicted molar refractivity (Wildman–Crippen MR) is 130 cm³/mol. The lowest BCUT2D eigenvalue weighted by molar-refractivity contribution is 0.0342. The average molecular weight is 506 g/mol. The number of fused-ring (bicyclic) bond motifs is 1. The van der Waals surface area contributed by atoms with Crippen molar-refractivity contribution in [3.63, 3.8) is 0 Å². The summed E-state index contributed by atoms with van der Waals surface area (Å²) in [4.78, 5) is 9.67. The number of halogens is 1. The number of rotatable bonds is 5. The number of nitrogens with zero attached hydrogens (tertiary/aromatic N) is 3. The highest BCUT2D eigenvalue weighted by molar-refractivity contribution is 14.0. The minimum absolute atomic E-state index is 0. The number of hydrogen-bond acceptors (Lipinski definition) is 3. The van der Waals surface area contributed by atoms with E-state index in [-0.39, 0.29) is 24.0 Å². The van der Waals surface area contributed by atoms with Gasteiger partial charge in [0.25, 0.3) is 0 Å². The monoisotopic (exact) mass is 506 g/mol. The van der Waals surface area contributed by atoms with Gasteiger partial charge in [-0.3, -0.25) is 4.90 Å². The van der Waals surface area contributed by atoms with E-state index in [1.54, 1.807) is 0 Å². The zero-order chi connectivity index (χ0) is 19.2. The van der Waals surface area contributed by atoms with Crippen molar-refractivity contribution in [1.29, 1.82) is 0 Å². The minimum Gasteiger partial charge on any atom is -0.379 e. The molecule has 29 heavy (non-hydrogen) atoms. The number of anilines is 1. The molecule has 6 heteroatoms. The Morgan fingerprint density at radius 3 is 2.48 bits per heavy atom. The third kappa shape index (κ3) is 5.71. The first-order chi connectivity index (χ1) is 13.8. The Kier molecular flexibility index (Phi) is 8.32. The molecule has 2 aliphatic rings. The Hall–Kier alpha value is -1.64. The minimum atomic E-state index is 0. The molecule has 0 bridgehead atoms. The summed E-state index contributed by atoms with van der Waals surface area (Å²) in [5, 5.41) is 3.46. The highest BCUT2D eigenvalue weighted by Gasteiger charge is 2.22. The molecule has 1 N–H and O–H groups in total. The van der Waals surface area contributed by atoms with Crippen LogP contribution in [0, 0.1) is 0 Å². The van der Waals surface area contributed by atoms with E-state index in [9.17, 15) is 0 Å². The number of ether oxygens (including phenoxy) is 1. The second-order valence-electron chi connectivity index (χ2n) is 7.41. The van der Waals surface area contributed by atoms with E-state index < -0.39 is 0 Å². The fraction of sp³-hybridized carbons (Fsp3) is 0.435. The highest BCUT2D eigenvalue weighted by Crippen LogP contribution is 2.27. The van der Waals surface area contributed by atoms with Crippen molar-refractivity contribution in [2.45, 2.75) is 26.4 Å². The molecule has 0 spiro atoms. The van der Waals surface area contributed by atoms with Gasteiger partial charge in [0.2, 0.25) is 0 Å². The summed E-state index contributed by atoms with van der Waals surface area (Å²) in [6.45, 7) is 9.42. The Balaban J connectivity index is 0.00000240. The zero-order valence-electron chi connectivity index (χ0n) is 17.1. The number of morpholine rings is 1. The van der Waals surface area contributed by atoms with Crippen LogP contribution in [0.15, 0.2) is 53.5 Å². The van der Waals surface area contributed by atoms with Gasteiger partial charge in [-0.1, -0.05) is 42.5 Å². The molecule has 4 rings (SSSR count). The number of benzene rings is 2. The molecule has 2 heterocycles. The van der Waals surface area contributed by atoms with Gasteiger partial charge in [-0.05, 0) is 36.1 Å². The van der Waals surface area contributed by atoms with Crippen molar-refractivity contribution in [1.82, 2.24) is 10.2 Å². The molecular formula is C23H31IN4O. The average Bonchev–Trinajstić information content (AvgIpc) is 3.17. The van der Waals surface area contributed by atoms with Gasteiger partial charge < -0.3 is 15.0 Å². The zero-order valence-corrected chi connectivity index (χ0v) is 19.5. The van der Waals surface area contributed by atoms with Crippen LogP contribution in [0.25, 0.3) is 0 Å². The van der Waals surface area contributed by atoms with Crippen molar-refractivity contribution in [2.24, 2.45) is 4.99 Å². The van der Waals surface area contributed by atoms with Gasteiger partial charge in [-0.25, -0.2) is 4.99 Å². The lowest BCUT2D eigenvalue weighted by Crippen LogP contribution is -2.40. The lowest BCUT2D eigenvalue weighted by Gasteiger charge is -2.26. The topological polar surface area (TPSA) is 40.1 Å². The summed E-state index contributed by atoms with van der Waals surface area (Å²) in [5.74, 6) is 0.977. The van der Waals surface area contributed by atoms with Gasteiger partial charge in [0.05, 0.1) is 19.8 Å². The molecule has 0 aromatic heterocycles. The Labute approximate surface area is 191 Å². The first-order valence-electron chi connectivity index (χ1n) is 10.3. The molecule has 5 nitrogen and oxygen atoms in total. The lowest BCUT2D eigenvalue weighted by atomic mass is 10.1. The van der Waals surface area contributed by atoms with Crippen molar-refractivity contribution < 1.29 is 4.74 Å². The fourth-order valence-corrected chi connectivity index (χ4v) is 3.89. The van der Waals surface area contributed by atoms with Crippen molar-refractivity contribution in [3.05, 3.63) is 65.2 Å². The van der Waals surface area contributed by atoms with Gasteiger partial charge in [-0.15, -0.1) is 24.0 Å². The van der Waals surface area contributed by atoms with E-state index in [2.05, 4.69) is 70.6 Å². The molecule has 2 aromatic carbocycles. The van der Waals surface area contributed by atoms with Crippen molar-refractivity contribution in [3.8, 4) is 0 Å². The number of nitrogens with one attached hydrogen (secondary N) is 1. The van der Waals surface area contributed by atoms with Gasteiger partial charge in [0.15, 0.2) is 5.96 Å². The maximum Gasteiger partial charge on any atom is 0.198 e. The molecule has 156 valence electrons. The van der Waals surface area contributed by atoms with Crippen LogP contribution in [-0.2, 0) is 24.2 Å². The molecule has 0 unspecified atom stereocenters. The third-order valence-electron chi connectivity index (χ3n) is 5.42. The van der Waals surface area contributed by atoms with E-state index in [0.717, 1.165) is 58.3 Å². The van der Waals surface area contributed by atoms with Crippen LogP contribution in [-0.4, -0.2) is 50.3 Å². The van der Waals surface area contributed by atoms with E-state index in [1.165, 1.54) is 22.4 Å². The number of hydrogen-bond donors (Lipinski definition) is 1.